The molecule has 0 aromatic rings. The topological polar surface area (TPSA) is 111 Å². The predicted molar refractivity (Wildman–Crippen MR) is 241 cm³/mol. The van der Waals surface area contributed by atoms with Crippen molar-refractivity contribution < 1.29 is 42.1 Å². The summed E-state index contributed by atoms with van der Waals surface area (Å²) in [6.45, 7) is 4.20. The van der Waals surface area contributed by atoms with Crippen molar-refractivity contribution >= 4 is 19.8 Å². The summed E-state index contributed by atoms with van der Waals surface area (Å²) < 4.78 is 33.8. The smallest absolute Gasteiger partial charge is 0.306 e. The summed E-state index contributed by atoms with van der Waals surface area (Å²) in [6, 6.07) is 0. The molecule has 0 aromatic heterocycles. The van der Waals surface area contributed by atoms with Gasteiger partial charge in [-0.2, -0.15) is 0 Å². The summed E-state index contributed by atoms with van der Waals surface area (Å²) in [5.74, 6) is -0.830. The van der Waals surface area contributed by atoms with E-state index < -0.39 is 26.5 Å². The van der Waals surface area contributed by atoms with Crippen molar-refractivity contribution in [3.63, 3.8) is 0 Å². The second-order valence-corrected chi connectivity index (χ2v) is 19.6. The molecule has 0 aliphatic heterocycles. The summed E-state index contributed by atoms with van der Waals surface area (Å²) in [5.41, 5.74) is 0. The van der Waals surface area contributed by atoms with E-state index in [9.17, 15) is 19.0 Å². The number of nitrogens with zero attached hydrogens (tertiary/aromatic N) is 1. The van der Waals surface area contributed by atoms with Crippen LogP contribution in [-0.2, 0) is 32.7 Å². The normalized spacial score (nSPS) is 13.4. The Labute approximate surface area is 359 Å². The van der Waals surface area contributed by atoms with Crippen LogP contribution in [0.2, 0.25) is 0 Å². The number of unbranched alkanes of at least 4 members (excludes halogenated alkanes) is 32. The van der Waals surface area contributed by atoms with E-state index >= 15 is 0 Å². The van der Waals surface area contributed by atoms with Crippen LogP contribution >= 0.6 is 7.82 Å². The van der Waals surface area contributed by atoms with E-state index in [0.717, 1.165) is 38.5 Å². The number of hydrogen-bond acceptors (Lipinski definition) is 8. The Balaban J connectivity index is 3.91. The van der Waals surface area contributed by atoms with Crippen LogP contribution in [0.15, 0.2) is 0 Å². The minimum absolute atomic E-state index is 0.0262. The summed E-state index contributed by atoms with van der Waals surface area (Å²) in [4.78, 5) is 37.3. The molecular weight excluding hydrogens is 750 g/mol. The molecule has 2 atom stereocenters. The molecule has 0 heterocycles. The molecule has 0 bridgehead atoms. The maximum Gasteiger partial charge on any atom is 0.306 e. The number of carbonyl (C=O) groups is 2. The van der Waals surface area contributed by atoms with Gasteiger partial charge in [0.2, 0.25) is 0 Å². The Hall–Kier alpha value is -0.990. The zero-order valence-corrected chi connectivity index (χ0v) is 39.9. The summed E-state index contributed by atoms with van der Waals surface area (Å²) in [7, 11) is 1.18. The van der Waals surface area contributed by atoms with E-state index in [1.54, 1.807) is 0 Å². The number of phosphoric ester groups is 1. The first-order valence-corrected chi connectivity index (χ1v) is 26.2. The number of likely N-dealkylation sites (N-methyl/N-ethyl adjacent to an activating group) is 1. The predicted octanol–water partition coefficient (Wildman–Crippen LogP) is 13.7. The molecule has 0 aliphatic carbocycles. The second kappa shape index (κ2) is 41.4. The van der Waals surface area contributed by atoms with Crippen LogP contribution in [0.3, 0.4) is 0 Å². The van der Waals surface area contributed by atoms with E-state index in [-0.39, 0.29) is 32.0 Å². The van der Waals surface area contributed by atoms with Crippen LogP contribution < -0.4 is 4.89 Å². The van der Waals surface area contributed by atoms with E-state index in [1.807, 2.05) is 21.1 Å². The van der Waals surface area contributed by atoms with Crippen molar-refractivity contribution in [1.29, 1.82) is 0 Å². The highest BCUT2D eigenvalue weighted by molar-refractivity contribution is 7.45. The molecule has 0 N–H and O–H groups in total. The molecule has 0 fully saturated rings. The number of ether oxygens (including phenoxy) is 2. The number of rotatable bonds is 46. The van der Waals surface area contributed by atoms with Gasteiger partial charge >= 0.3 is 11.9 Å². The third-order valence-electron chi connectivity index (χ3n) is 11.1. The third kappa shape index (κ3) is 44.6. The molecule has 10 heteroatoms. The van der Waals surface area contributed by atoms with E-state index in [4.69, 9.17) is 18.5 Å². The first-order chi connectivity index (χ1) is 28.0. The van der Waals surface area contributed by atoms with Crippen molar-refractivity contribution in [2.75, 3.05) is 47.5 Å². The zero-order valence-electron chi connectivity index (χ0n) is 39.0. The molecule has 0 amide bonds. The van der Waals surface area contributed by atoms with E-state index in [0.29, 0.717) is 17.4 Å². The fraction of sp³-hybridized carbons (Fsp3) is 0.958. The molecular formula is C48H96NO8P. The molecule has 0 rings (SSSR count). The maximum absolute atomic E-state index is 12.7. The van der Waals surface area contributed by atoms with Crippen molar-refractivity contribution in [2.24, 2.45) is 0 Å². The van der Waals surface area contributed by atoms with Crippen LogP contribution in [0.5, 0.6) is 0 Å². The van der Waals surface area contributed by atoms with Crippen LogP contribution in [0.1, 0.15) is 245 Å². The molecule has 0 saturated carbocycles. The quantitative estimate of drug-likeness (QED) is 0.0258. The standard InChI is InChI=1S/C48H96NO8P/c1-6-8-10-12-14-15-16-17-18-19-20-21-22-23-24-25-26-27-28-29-30-31-32-33-34-35-37-39-41-48(51)57-46(44-54-47(50)40-38-36-13-11-9-7-2)45-56-58(52,53)55-43-42-49(3,4)5/h46H,6-45H2,1-5H3. The van der Waals surface area contributed by atoms with Gasteiger partial charge in [-0.3, -0.25) is 14.2 Å². The van der Waals surface area contributed by atoms with Gasteiger partial charge in [0.15, 0.2) is 6.10 Å². The van der Waals surface area contributed by atoms with Gasteiger partial charge < -0.3 is 27.9 Å². The largest absolute Gasteiger partial charge is 0.756 e. The van der Waals surface area contributed by atoms with Crippen molar-refractivity contribution in [3.8, 4) is 0 Å². The second-order valence-electron chi connectivity index (χ2n) is 18.2. The molecule has 0 aliphatic rings. The van der Waals surface area contributed by atoms with Crippen molar-refractivity contribution in [2.45, 2.75) is 251 Å². The van der Waals surface area contributed by atoms with Gasteiger partial charge in [0.25, 0.3) is 7.82 Å². The Morgan fingerprint density at radius 3 is 1.10 bits per heavy atom. The first kappa shape index (κ1) is 57.0. The lowest BCUT2D eigenvalue weighted by Gasteiger charge is -2.28. The number of carbonyl (C=O) groups excluding carboxylic acids is 2. The number of hydrogen-bond donors (Lipinski definition) is 0. The Morgan fingerprint density at radius 1 is 0.466 bits per heavy atom. The van der Waals surface area contributed by atoms with Gasteiger partial charge in [-0.05, 0) is 12.8 Å². The Bertz CT molecular complexity index is 958. The molecule has 0 aromatic carbocycles. The lowest BCUT2D eigenvalue weighted by molar-refractivity contribution is -0.870. The Morgan fingerprint density at radius 2 is 0.776 bits per heavy atom. The lowest BCUT2D eigenvalue weighted by Crippen LogP contribution is -2.37. The van der Waals surface area contributed by atoms with Gasteiger partial charge in [0.1, 0.15) is 19.8 Å². The summed E-state index contributed by atoms with van der Waals surface area (Å²) in [5, 5.41) is 0. The molecule has 58 heavy (non-hydrogen) atoms. The number of esters is 2. The minimum atomic E-state index is -4.61. The molecule has 0 radical (unpaired) electrons. The molecule has 346 valence electrons. The van der Waals surface area contributed by atoms with Crippen LogP contribution in [0, 0.1) is 0 Å². The minimum Gasteiger partial charge on any atom is -0.756 e. The van der Waals surface area contributed by atoms with Gasteiger partial charge in [-0.25, -0.2) is 0 Å². The monoisotopic (exact) mass is 846 g/mol. The van der Waals surface area contributed by atoms with Gasteiger partial charge in [0.05, 0.1) is 27.7 Å². The first-order valence-electron chi connectivity index (χ1n) is 24.7. The fourth-order valence-electron chi connectivity index (χ4n) is 7.25. The molecule has 9 nitrogen and oxygen atoms in total. The molecule has 0 spiro atoms. The average molecular weight is 846 g/mol. The third-order valence-corrected chi connectivity index (χ3v) is 12.1. The van der Waals surface area contributed by atoms with Crippen LogP contribution in [0.25, 0.3) is 0 Å². The Kier molecular flexibility index (Phi) is 40.7. The van der Waals surface area contributed by atoms with E-state index in [1.165, 1.54) is 173 Å². The highest BCUT2D eigenvalue weighted by Crippen LogP contribution is 2.38. The van der Waals surface area contributed by atoms with Crippen molar-refractivity contribution in [1.82, 2.24) is 0 Å². The van der Waals surface area contributed by atoms with Crippen LogP contribution in [-0.4, -0.2) is 70.0 Å². The number of phosphoric acid groups is 1. The van der Waals surface area contributed by atoms with Crippen molar-refractivity contribution in [3.05, 3.63) is 0 Å². The maximum atomic E-state index is 12.7. The van der Waals surface area contributed by atoms with Gasteiger partial charge in [-0.15, -0.1) is 0 Å². The van der Waals surface area contributed by atoms with Crippen LogP contribution in [0.4, 0.5) is 0 Å². The lowest BCUT2D eigenvalue weighted by atomic mass is 10.0. The highest BCUT2D eigenvalue weighted by Gasteiger charge is 2.21. The number of quaternary nitrogens is 1. The summed E-state index contributed by atoms with van der Waals surface area (Å²) in [6.07, 6.45) is 43.3. The van der Waals surface area contributed by atoms with E-state index in [2.05, 4.69) is 13.8 Å². The SMILES string of the molecule is CCCCCCCCCCCCCCCCCCCCCCCCCCCCCCC(=O)OC(COC(=O)CCCCCCCC)COP(=O)([O-])OCC[N+](C)(C)C. The molecule has 2 unspecified atom stereocenters. The fourth-order valence-corrected chi connectivity index (χ4v) is 7.97. The van der Waals surface area contributed by atoms with Gasteiger partial charge in [0, 0.05) is 12.8 Å². The summed E-state index contributed by atoms with van der Waals surface area (Å²) >= 11 is 0. The average Bonchev–Trinajstić information content (AvgIpc) is 3.17. The van der Waals surface area contributed by atoms with Gasteiger partial charge in [-0.1, -0.05) is 219 Å². The zero-order chi connectivity index (χ0) is 42.8. The highest BCUT2D eigenvalue weighted by atomic mass is 31.2. The molecule has 0 saturated heterocycles.